The maximum atomic E-state index is 3.31. The number of hydrogen-bond acceptors (Lipinski definition) is 1. The van der Waals surface area contributed by atoms with Gasteiger partial charge in [-0.1, -0.05) is 0 Å². The van der Waals surface area contributed by atoms with Gasteiger partial charge in [0.15, 0.2) is 0 Å². The Morgan fingerprint density at radius 2 is 0.281 bits per heavy atom. The lowest BCUT2D eigenvalue weighted by Crippen LogP contribution is -2.70. The summed E-state index contributed by atoms with van der Waals surface area (Å²) in [6, 6.07) is 0. The minimum atomic E-state index is 0.803. The number of rotatable bonds is 0. The van der Waals surface area contributed by atoms with Crippen LogP contribution >= 0.6 is 0 Å². The topological polar surface area (TPSA) is 3.24 Å². The summed E-state index contributed by atoms with van der Waals surface area (Å²) in [4.78, 5) is 3.31. The summed E-state index contributed by atoms with van der Waals surface area (Å²) < 4.78 is 0. The predicted octanol–water partition coefficient (Wildman–Crippen LogP) is 7.07. The van der Waals surface area contributed by atoms with Crippen molar-refractivity contribution in [3.05, 3.63) is 0 Å². The average molecular weight is 836 g/mol. The van der Waals surface area contributed by atoms with Crippen molar-refractivity contribution in [3.8, 4) is 0 Å². The van der Waals surface area contributed by atoms with Crippen LogP contribution in [0.3, 0.4) is 0 Å². The molecule has 32 saturated carbocycles. The van der Waals surface area contributed by atoms with Crippen LogP contribution in [-0.2, 0) is 0 Å². The SMILES string of the molecule is CN1C[C@]23C4C5C6C7C8C9C%10C%11C%12C%13C%10C%10C8C8C%14C%10C%10C%13C%13C%15C%12C%12C%16C%11C%11C9C7C7C9C%11C%16C%11C%16C%12C%15C%12C%15C%13C%10C%10C%14C(C4C86)C4C%10C%15C6C%12C%16C8C%11C9C(C75)C2C8C6[C@]43C1. The molecule has 0 amide bonds. The van der Waals surface area contributed by atoms with E-state index in [0.717, 1.165) is 10.8 Å². The van der Waals surface area contributed by atoms with Crippen LogP contribution in [0.1, 0.15) is 0 Å². The zero-order valence-corrected chi connectivity index (χ0v) is 37.3. The Balaban J connectivity index is 0.898. The zero-order chi connectivity index (χ0) is 37.5. The highest BCUT2D eigenvalue weighted by atomic mass is 15.2. The van der Waals surface area contributed by atoms with E-state index in [0.29, 0.717) is 0 Å². The van der Waals surface area contributed by atoms with Crippen molar-refractivity contribution in [2.45, 2.75) is 0 Å². The van der Waals surface area contributed by atoms with Gasteiger partial charge in [0.1, 0.15) is 0 Å². The smallest absolute Gasteiger partial charge is 0.00469 e. The highest BCUT2D eigenvalue weighted by molar-refractivity contribution is 5.52. The lowest BCUT2D eigenvalue weighted by molar-refractivity contribution is -0.246. The standard InChI is InChI=1S/C63H65N/c1-64-2-62-58-51-44-32-24-15-6-4-5-7-10(6)19-26(24)34-35-27(19)25-16(7)18-14-9(5)12-11-8(4)13-17(15)30(32)38-36-22(13)20(11)28-29-21(12)23(14)37-39-31(18)33(25)45-47(35)56(55(58)46(34)44)59-52(45)50(39)54-43(37)41(29)48-40(28)42(36)53(49(38)51)60(62)57(48)61(54)63(59,62)3-64/h4-61H,2-3H2,1H3/t4?,5?,6?,7?,8?,9?,10?,11?,12?,13?,14?,15?,16?,17?,18?,19?,20?,21?,22?,23?,24?,25?,26?,27?,28?,29?,30?,31?,32?,33?,34?,35?,36?,37?,38?,39?,40?,41?,42?,43?,44?,45?,46?,47?,48?,49?,50?,51?,52?,53?,54?,55?,56?,57?,58?,59?,60?,61?,62-,63-/m0/s1. The van der Waals surface area contributed by atoms with Crippen molar-refractivity contribution < 1.29 is 0 Å². The molecule has 33 aliphatic rings. The van der Waals surface area contributed by atoms with Crippen molar-refractivity contribution in [2.24, 2.45) is 354 Å². The molecule has 33 fully saturated rings. The van der Waals surface area contributed by atoms with Crippen molar-refractivity contribution in [1.82, 2.24) is 4.90 Å². The van der Waals surface area contributed by atoms with Crippen molar-refractivity contribution in [3.63, 3.8) is 0 Å². The van der Waals surface area contributed by atoms with Gasteiger partial charge in [0.25, 0.3) is 0 Å². The predicted molar refractivity (Wildman–Crippen MR) is 225 cm³/mol. The summed E-state index contributed by atoms with van der Waals surface area (Å²) in [6.45, 7) is 3.38. The first kappa shape index (κ1) is 28.1. The van der Waals surface area contributed by atoms with Crippen LogP contribution in [0, 0.1) is 354 Å². The van der Waals surface area contributed by atoms with Gasteiger partial charge in [0.05, 0.1) is 0 Å². The second-order valence-corrected chi connectivity index (χ2v) is 36.5. The van der Waals surface area contributed by atoms with Crippen molar-refractivity contribution >= 4 is 0 Å². The largest absolute Gasteiger partial charge is 0.305 e. The molecule has 54 unspecified atom stereocenters. The van der Waals surface area contributed by atoms with E-state index >= 15 is 0 Å². The van der Waals surface area contributed by atoms with E-state index in [1.165, 1.54) is 343 Å². The first-order chi connectivity index (χ1) is 31.8. The molecule has 0 aromatic carbocycles. The van der Waals surface area contributed by atoms with Gasteiger partial charge in [-0.3, -0.25) is 0 Å². The van der Waals surface area contributed by atoms with E-state index in [9.17, 15) is 0 Å². The van der Waals surface area contributed by atoms with Gasteiger partial charge in [-0.2, -0.15) is 0 Å². The Hall–Kier alpha value is -0.0400. The Morgan fingerprint density at radius 3 is 0.469 bits per heavy atom. The molecule has 0 N–H and O–H groups in total. The third-order valence-corrected chi connectivity index (χ3v) is 41.8. The maximum absolute atomic E-state index is 3.31. The summed E-state index contributed by atoms with van der Waals surface area (Å²) in [7, 11) is 2.86. The van der Waals surface area contributed by atoms with E-state index in [1.807, 2.05) is 0 Å². The van der Waals surface area contributed by atoms with E-state index < -0.39 is 0 Å². The van der Waals surface area contributed by atoms with Gasteiger partial charge in [-0.05, 0) is 361 Å². The molecule has 1 heterocycles. The molecule has 1 heteroatoms. The molecule has 0 aromatic heterocycles. The van der Waals surface area contributed by atoms with Gasteiger partial charge < -0.3 is 4.90 Å². The monoisotopic (exact) mass is 836 g/mol. The molecular weight excluding hydrogens is 771 g/mol. The molecule has 1 nitrogen and oxygen atoms in total. The molecule has 1 aliphatic heterocycles. The van der Waals surface area contributed by atoms with Crippen LogP contribution in [0.5, 0.6) is 0 Å². The number of likely N-dealkylation sites (tertiary alicyclic amines) is 1. The normalized spacial score (nSPS) is 106. The molecule has 0 bridgehead atoms. The molecule has 0 aromatic rings. The van der Waals surface area contributed by atoms with E-state index in [-0.39, 0.29) is 0 Å². The van der Waals surface area contributed by atoms with Crippen LogP contribution in [0.25, 0.3) is 0 Å². The molecule has 56 atom stereocenters. The minimum absolute atomic E-state index is 0.803. The first-order valence-corrected chi connectivity index (χ1v) is 31.5. The maximum Gasteiger partial charge on any atom is 0.00469 e. The van der Waals surface area contributed by atoms with Crippen LogP contribution in [0.15, 0.2) is 0 Å². The molecule has 1 saturated heterocycles. The third-order valence-electron chi connectivity index (χ3n) is 41.8. The quantitative estimate of drug-likeness (QED) is 0.253. The van der Waals surface area contributed by atoms with E-state index in [1.54, 1.807) is 13.1 Å². The van der Waals surface area contributed by atoms with Crippen molar-refractivity contribution in [2.75, 3.05) is 20.1 Å². The third kappa shape index (κ3) is 1.57. The summed E-state index contributed by atoms with van der Waals surface area (Å²) in [5, 5.41) is 0. The minimum Gasteiger partial charge on any atom is -0.305 e. The first-order valence-electron chi connectivity index (χ1n) is 31.5. The summed E-state index contributed by atoms with van der Waals surface area (Å²) in [5.41, 5.74) is 1.61. The van der Waals surface area contributed by atoms with Crippen LogP contribution in [0.2, 0.25) is 0 Å². The zero-order valence-electron chi connectivity index (χ0n) is 37.3. The highest BCUT2D eigenvalue weighted by Gasteiger charge is 3.05. The van der Waals surface area contributed by atoms with Crippen LogP contribution < -0.4 is 0 Å². The molecular formula is C63H65N. The van der Waals surface area contributed by atoms with E-state index in [4.69, 9.17) is 0 Å². The van der Waals surface area contributed by atoms with Crippen LogP contribution in [0.4, 0.5) is 0 Å². The van der Waals surface area contributed by atoms with Gasteiger partial charge in [-0.15, -0.1) is 0 Å². The average Bonchev–Trinajstić information content (AvgIpc) is 4.13. The Labute approximate surface area is 377 Å². The number of hydrogen-bond donors (Lipinski definition) is 0. The van der Waals surface area contributed by atoms with Crippen LogP contribution in [-0.4, -0.2) is 25.0 Å². The molecule has 0 radical (unpaired) electrons. The van der Waals surface area contributed by atoms with Gasteiger partial charge in [-0.25, -0.2) is 0 Å². The fourth-order valence-corrected chi connectivity index (χ4v) is 48.4. The summed E-state index contributed by atoms with van der Waals surface area (Å²) in [5.74, 6) is 75.7. The highest BCUT2D eigenvalue weighted by Crippen LogP contribution is 3.08. The van der Waals surface area contributed by atoms with E-state index in [2.05, 4.69) is 11.9 Å². The molecule has 2 spiro atoms. The van der Waals surface area contributed by atoms with Gasteiger partial charge in [0, 0.05) is 13.1 Å². The second kappa shape index (κ2) is 6.63. The Morgan fingerprint density at radius 1 is 0.172 bits per heavy atom. The number of nitrogens with zero attached hydrogens (tertiary/aromatic N) is 1. The molecule has 33 rings (SSSR count). The Kier molecular flexibility index (Phi) is 2.91. The second-order valence-electron chi connectivity index (χ2n) is 36.5. The molecule has 64 heavy (non-hydrogen) atoms. The fourth-order valence-electron chi connectivity index (χ4n) is 48.4. The molecule has 32 aliphatic carbocycles. The lowest BCUT2D eigenvalue weighted by atomic mass is 9.32. The van der Waals surface area contributed by atoms with Gasteiger partial charge >= 0.3 is 0 Å². The Bertz CT molecular complexity index is 2530. The van der Waals surface area contributed by atoms with Gasteiger partial charge in [0.2, 0.25) is 0 Å². The lowest BCUT2D eigenvalue weighted by Gasteiger charge is -2.71. The summed E-state index contributed by atoms with van der Waals surface area (Å²) >= 11 is 0. The van der Waals surface area contributed by atoms with Crippen molar-refractivity contribution in [1.29, 1.82) is 0 Å². The molecule has 322 valence electrons. The summed E-state index contributed by atoms with van der Waals surface area (Å²) in [6.07, 6.45) is 0. The fraction of sp³-hybridized carbons (Fsp3) is 1.00.